The SMILES string of the molecule is C=C/C=C(\C=C/C)CN1CCCC(c2nnc(C3=CC4C(C5=CC6=CC(C=C5)COCC6)=NNC4C=C3)o2)C1. The molecule has 1 saturated heterocycles. The summed E-state index contributed by atoms with van der Waals surface area (Å²) in [6.07, 6.45) is 26.8. The molecule has 0 radical (unpaired) electrons. The smallest absolute Gasteiger partial charge is 0.247 e. The maximum absolute atomic E-state index is 6.31. The fraction of sp³-hybridized carbons (Fsp3) is 0.406. The monoisotopic (exact) mass is 523 g/mol. The Morgan fingerprint density at radius 1 is 1.21 bits per heavy atom. The van der Waals surface area contributed by atoms with Gasteiger partial charge in [0.05, 0.1) is 30.9 Å². The molecule has 7 heteroatoms. The largest absolute Gasteiger partial charge is 0.420 e. The van der Waals surface area contributed by atoms with Crippen molar-refractivity contribution in [2.75, 3.05) is 32.8 Å². The molecule has 0 amide bonds. The normalized spacial score (nSPS) is 29.1. The highest BCUT2D eigenvalue weighted by Gasteiger charge is 2.34. The van der Waals surface area contributed by atoms with Gasteiger partial charge in [-0.1, -0.05) is 73.4 Å². The standard InChI is InChI=1S/C32H37N5O2/c1-3-6-22(7-4-2)19-37-14-5-8-27(20-37)32-36-35-31(39-32)26-11-12-29-28(18-26)30(34-33-29)25-10-9-24-16-23(17-25)13-15-38-21-24/h3-4,6-7,9-12,16-18,24,27-29,33H,1,5,8,13-15,19-21H2,2H3/b7-4-,22-6+. The summed E-state index contributed by atoms with van der Waals surface area (Å²) in [4.78, 5) is 2.47. The zero-order valence-electron chi connectivity index (χ0n) is 22.6. The van der Waals surface area contributed by atoms with Crippen molar-refractivity contribution in [2.24, 2.45) is 16.9 Å². The highest BCUT2D eigenvalue weighted by molar-refractivity contribution is 6.08. The lowest BCUT2D eigenvalue weighted by molar-refractivity contribution is 0.132. The van der Waals surface area contributed by atoms with Crippen LogP contribution in [0.3, 0.4) is 0 Å². The topological polar surface area (TPSA) is 75.8 Å². The molecule has 5 aliphatic rings. The average Bonchev–Trinajstić information content (AvgIpc) is 3.49. The van der Waals surface area contributed by atoms with Crippen LogP contribution in [0.4, 0.5) is 0 Å². The van der Waals surface area contributed by atoms with Crippen molar-refractivity contribution in [2.45, 2.75) is 38.1 Å². The number of nitrogens with one attached hydrogen (secondary N) is 1. The Hall–Kier alpha value is -3.55. The Morgan fingerprint density at radius 2 is 2.13 bits per heavy atom. The third kappa shape index (κ3) is 5.75. The maximum Gasteiger partial charge on any atom is 0.247 e. The summed E-state index contributed by atoms with van der Waals surface area (Å²) in [5.41, 5.74) is 9.07. The number of ether oxygens (including phenoxy) is 1. The molecule has 1 fully saturated rings. The lowest BCUT2D eigenvalue weighted by Gasteiger charge is -2.31. The molecule has 202 valence electrons. The van der Waals surface area contributed by atoms with Gasteiger partial charge in [-0.25, -0.2) is 0 Å². The first-order valence-electron chi connectivity index (χ1n) is 14.1. The van der Waals surface area contributed by atoms with E-state index >= 15 is 0 Å². The van der Waals surface area contributed by atoms with Crippen LogP contribution in [0.15, 0.2) is 99.7 Å². The van der Waals surface area contributed by atoms with Crippen LogP contribution in [0.5, 0.6) is 0 Å². The molecule has 2 bridgehead atoms. The van der Waals surface area contributed by atoms with E-state index in [1.165, 1.54) is 11.1 Å². The van der Waals surface area contributed by atoms with Gasteiger partial charge < -0.3 is 14.6 Å². The lowest BCUT2D eigenvalue weighted by Crippen LogP contribution is -2.35. The Kier molecular flexibility index (Phi) is 7.70. The van der Waals surface area contributed by atoms with Gasteiger partial charge in [0, 0.05) is 30.5 Å². The van der Waals surface area contributed by atoms with Gasteiger partial charge in [-0.15, -0.1) is 10.2 Å². The number of nitrogens with zero attached hydrogens (tertiary/aromatic N) is 4. The molecule has 1 N–H and O–H groups in total. The fourth-order valence-electron chi connectivity index (χ4n) is 6.05. The van der Waals surface area contributed by atoms with Crippen LogP contribution in [0.1, 0.15) is 43.9 Å². The number of hydrogen-bond acceptors (Lipinski definition) is 7. The van der Waals surface area contributed by atoms with E-state index in [1.807, 2.05) is 13.0 Å². The van der Waals surface area contributed by atoms with E-state index in [1.54, 1.807) is 0 Å². The van der Waals surface area contributed by atoms with E-state index in [0.717, 1.165) is 74.9 Å². The molecular formula is C32H37N5O2. The zero-order valence-corrected chi connectivity index (χ0v) is 22.6. The first-order chi connectivity index (χ1) is 19.2. The van der Waals surface area contributed by atoms with Crippen molar-refractivity contribution in [3.63, 3.8) is 0 Å². The highest BCUT2D eigenvalue weighted by Crippen LogP contribution is 2.34. The van der Waals surface area contributed by atoms with Crippen molar-refractivity contribution in [3.05, 3.63) is 102 Å². The number of hydrogen-bond donors (Lipinski definition) is 1. The second-order valence-electron chi connectivity index (χ2n) is 10.8. The zero-order chi connectivity index (χ0) is 26.6. The molecule has 6 rings (SSSR count). The molecule has 2 aliphatic carbocycles. The number of hydrazone groups is 1. The average molecular weight is 524 g/mol. The van der Waals surface area contributed by atoms with E-state index in [0.29, 0.717) is 11.8 Å². The van der Waals surface area contributed by atoms with Crippen molar-refractivity contribution >= 4 is 11.3 Å². The number of allylic oxidation sites excluding steroid dienone is 8. The molecule has 7 nitrogen and oxygen atoms in total. The van der Waals surface area contributed by atoms with Crippen molar-refractivity contribution in [3.8, 4) is 0 Å². The second kappa shape index (κ2) is 11.7. The van der Waals surface area contributed by atoms with Crippen LogP contribution >= 0.6 is 0 Å². The summed E-state index contributed by atoms with van der Waals surface area (Å²) in [7, 11) is 0. The van der Waals surface area contributed by atoms with Crippen molar-refractivity contribution < 1.29 is 9.15 Å². The van der Waals surface area contributed by atoms with Gasteiger partial charge in [0.15, 0.2) is 0 Å². The number of fused-ring (bicyclic) bond motifs is 2. The first kappa shape index (κ1) is 25.7. The lowest BCUT2D eigenvalue weighted by atomic mass is 9.85. The molecule has 0 saturated carbocycles. The van der Waals surface area contributed by atoms with Crippen LogP contribution in [0, 0.1) is 11.8 Å². The molecule has 4 atom stereocenters. The summed E-state index contributed by atoms with van der Waals surface area (Å²) >= 11 is 0. The predicted octanol–water partition coefficient (Wildman–Crippen LogP) is 5.29. The maximum atomic E-state index is 6.31. The molecule has 3 aliphatic heterocycles. The van der Waals surface area contributed by atoms with Crippen molar-refractivity contribution in [1.82, 2.24) is 20.5 Å². The minimum absolute atomic E-state index is 0.111. The number of piperidine rings is 1. The molecule has 1 aromatic rings. The van der Waals surface area contributed by atoms with Gasteiger partial charge in [-0.2, -0.15) is 5.10 Å². The van der Waals surface area contributed by atoms with Gasteiger partial charge in [0.25, 0.3) is 0 Å². The minimum atomic E-state index is 0.111. The summed E-state index contributed by atoms with van der Waals surface area (Å²) in [5, 5.41) is 13.7. The van der Waals surface area contributed by atoms with Crippen LogP contribution in [0.25, 0.3) is 5.57 Å². The van der Waals surface area contributed by atoms with E-state index in [2.05, 4.69) is 87.9 Å². The summed E-state index contributed by atoms with van der Waals surface area (Å²) in [6, 6.07) is 0.130. The Balaban J connectivity index is 1.17. The van der Waals surface area contributed by atoms with Gasteiger partial charge >= 0.3 is 0 Å². The van der Waals surface area contributed by atoms with Crippen molar-refractivity contribution in [1.29, 1.82) is 0 Å². The predicted molar refractivity (Wildman–Crippen MR) is 155 cm³/mol. The van der Waals surface area contributed by atoms with Crippen LogP contribution in [-0.2, 0) is 4.74 Å². The molecule has 1 aromatic heterocycles. The third-order valence-corrected chi connectivity index (χ3v) is 7.97. The second-order valence-corrected chi connectivity index (χ2v) is 10.8. The number of rotatable bonds is 7. The Morgan fingerprint density at radius 3 is 3.03 bits per heavy atom. The molecule has 0 spiro atoms. The van der Waals surface area contributed by atoms with E-state index in [4.69, 9.17) is 14.3 Å². The summed E-state index contributed by atoms with van der Waals surface area (Å²) in [6.45, 7) is 10.3. The molecule has 4 heterocycles. The van der Waals surface area contributed by atoms with Crippen LogP contribution in [-0.4, -0.2) is 59.7 Å². The van der Waals surface area contributed by atoms with Gasteiger partial charge in [-0.05, 0) is 49.5 Å². The number of likely N-dealkylation sites (tertiary alicyclic amines) is 1. The molecule has 4 unspecified atom stereocenters. The first-order valence-corrected chi connectivity index (χ1v) is 14.1. The van der Waals surface area contributed by atoms with Gasteiger partial charge in [0.2, 0.25) is 11.8 Å². The van der Waals surface area contributed by atoms with Gasteiger partial charge in [0.1, 0.15) is 0 Å². The van der Waals surface area contributed by atoms with E-state index in [9.17, 15) is 0 Å². The quantitative estimate of drug-likeness (QED) is 0.489. The molecule has 0 aromatic carbocycles. The fourth-order valence-corrected chi connectivity index (χ4v) is 6.05. The van der Waals surface area contributed by atoms with Gasteiger partial charge in [-0.3, -0.25) is 4.90 Å². The molecule has 39 heavy (non-hydrogen) atoms. The summed E-state index contributed by atoms with van der Waals surface area (Å²) in [5.74, 6) is 1.99. The van der Waals surface area contributed by atoms with E-state index < -0.39 is 0 Å². The third-order valence-electron chi connectivity index (χ3n) is 7.97. The summed E-state index contributed by atoms with van der Waals surface area (Å²) < 4.78 is 12.0. The molecular weight excluding hydrogens is 486 g/mol. The van der Waals surface area contributed by atoms with E-state index in [-0.39, 0.29) is 17.9 Å². The Labute approximate surface area is 230 Å². The Bertz CT molecular complexity index is 1340. The highest BCUT2D eigenvalue weighted by atomic mass is 16.5. The number of aromatic nitrogens is 2. The van der Waals surface area contributed by atoms with Crippen LogP contribution in [0.2, 0.25) is 0 Å². The minimum Gasteiger partial charge on any atom is -0.420 e. The van der Waals surface area contributed by atoms with Crippen LogP contribution < -0.4 is 5.43 Å².